The summed E-state index contributed by atoms with van der Waals surface area (Å²) in [5, 5.41) is 5.08. The molecule has 14 heteroatoms. The number of nitrogens with zero attached hydrogens (tertiary/aromatic N) is 3. The molecule has 1 saturated heterocycles. The van der Waals surface area contributed by atoms with E-state index < -0.39 is 77.9 Å². The SMILES string of the molecule is CC1C(c2c(F)ccc(F)c2F)CC(NC(=O)c2cnc3c(c2)CC(C(=O)Nc2ccccn2)C3)C(=O)N1CC(F)(F)F. The minimum absolute atomic E-state index is 0.0296. The van der Waals surface area contributed by atoms with Crippen LogP contribution in [0.25, 0.3) is 0 Å². The summed E-state index contributed by atoms with van der Waals surface area (Å²) in [4.78, 5) is 47.7. The molecule has 3 heterocycles. The standard InChI is InChI=1S/C29H25F6N5O3/c1-14-18(24-19(30)5-6-20(31)25(24)32)11-22(28(43)40(14)13-29(33,34)35)38-27(42)17-9-15-8-16(10-21(15)37-12-17)26(41)39-23-4-2-3-7-36-23/h2-7,9,12,14,16,18,22H,8,10-11,13H2,1H3,(H,38,42)(H,36,39,41). The molecule has 226 valence electrons. The number of hydrogen-bond donors (Lipinski definition) is 2. The average molecular weight is 606 g/mol. The molecule has 43 heavy (non-hydrogen) atoms. The van der Waals surface area contributed by atoms with Crippen molar-refractivity contribution in [3.8, 4) is 0 Å². The molecule has 2 aromatic heterocycles. The van der Waals surface area contributed by atoms with Gasteiger partial charge in [0.05, 0.1) is 5.56 Å². The third kappa shape index (κ3) is 6.32. The maximum atomic E-state index is 14.7. The lowest BCUT2D eigenvalue weighted by Crippen LogP contribution is -2.60. The van der Waals surface area contributed by atoms with Gasteiger partial charge < -0.3 is 15.5 Å². The molecule has 1 aliphatic heterocycles. The molecule has 0 bridgehead atoms. The van der Waals surface area contributed by atoms with Crippen LogP contribution in [0.2, 0.25) is 0 Å². The smallest absolute Gasteiger partial charge is 0.340 e. The van der Waals surface area contributed by atoms with Crippen LogP contribution < -0.4 is 10.6 Å². The molecule has 5 rings (SSSR count). The number of benzene rings is 1. The summed E-state index contributed by atoms with van der Waals surface area (Å²) in [6.07, 6.45) is -2.05. The van der Waals surface area contributed by atoms with Gasteiger partial charge in [-0.1, -0.05) is 6.07 Å². The van der Waals surface area contributed by atoms with Crippen molar-refractivity contribution in [1.82, 2.24) is 20.2 Å². The molecule has 2 aliphatic rings. The van der Waals surface area contributed by atoms with Crippen LogP contribution in [0.15, 0.2) is 48.8 Å². The summed E-state index contributed by atoms with van der Waals surface area (Å²) in [7, 11) is 0. The molecule has 1 aliphatic carbocycles. The van der Waals surface area contributed by atoms with Crippen LogP contribution in [0.1, 0.15) is 46.4 Å². The Morgan fingerprint density at radius 3 is 2.49 bits per heavy atom. The van der Waals surface area contributed by atoms with Crippen LogP contribution in [0.5, 0.6) is 0 Å². The Bertz CT molecular complexity index is 1570. The second kappa shape index (κ2) is 11.7. The first kappa shape index (κ1) is 30.0. The van der Waals surface area contributed by atoms with E-state index in [0.29, 0.717) is 40.5 Å². The topological polar surface area (TPSA) is 104 Å². The van der Waals surface area contributed by atoms with E-state index in [1.807, 2.05) is 0 Å². The van der Waals surface area contributed by atoms with Crippen molar-refractivity contribution in [3.05, 3.63) is 88.6 Å². The molecular weight excluding hydrogens is 580 g/mol. The number of carbonyl (C=O) groups is 3. The van der Waals surface area contributed by atoms with Gasteiger partial charge in [0.25, 0.3) is 5.91 Å². The van der Waals surface area contributed by atoms with Gasteiger partial charge in [-0.05, 0) is 55.7 Å². The van der Waals surface area contributed by atoms with Gasteiger partial charge in [-0.25, -0.2) is 18.2 Å². The van der Waals surface area contributed by atoms with Crippen molar-refractivity contribution in [2.75, 3.05) is 11.9 Å². The second-order valence-corrected chi connectivity index (χ2v) is 10.6. The molecule has 4 atom stereocenters. The van der Waals surface area contributed by atoms with E-state index >= 15 is 0 Å². The summed E-state index contributed by atoms with van der Waals surface area (Å²) < 4.78 is 83.6. The molecule has 0 saturated carbocycles. The highest BCUT2D eigenvalue weighted by atomic mass is 19.4. The number of aromatic nitrogens is 2. The van der Waals surface area contributed by atoms with E-state index in [1.165, 1.54) is 25.4 Å². The van der Waals surface area contributed by atoms with Gasteiger partial charge in [0, 0.05) is 47.9 Å². The van der Waals surface area contributed by atoms with E-state index in [0.717, 1.165) is 0 Å². The Hall–Kier alpha value is -4.49. The highest BCUT2D eigenvalue weighted by molar-refractivity contribution is 5.98. The Morgan fingerprint density at radius 1 is 1.05 bits per heavy atom. The van der Waals surface area contributed by atoms with Crippen molar-refractivity contribution in [2.24, 2.45) is 5.92 Å². The zero-order chi connectivity index (χ0) is 31.1. The first-order valence-corrected chi connectivity index (χ1v) is 13.3. The molecule has 1 aromatic carbocycles. The first-order chi connectivity index (χ1) is 20.3. The van der Waals surface area contributed by atoms with Gasteiger partial charge in [-0.3, -0.25) is 19.4 Å². The van der Waals surface area contributed by atoms with Crippen molar-refractivity contribution in [3.63, 3.8) is 0 Å². The molecule has 0 spiro atoms. The minimum Gasteiger partial charge on any atom is -0.340 e. The van der Waals surface area contributed by atoms with E-state index in [1.54, 1.807) is 18.2 Å². The van der Waals surface area contributed by atoms with Gasteiger partial charge in [-0.15, -0.1) is 0 Å². The molecule has 2 N–H and O–H groups in total. The molecule has 3 amide bonds. The number of likely N-dealkylation sites (tertiary alicyclic amines) is 1. The average Bonchev–Trinajstić information content (AvgIpc) is 3.39. The highest BCUT2D eigenvalue weighted by Crippen LogP contribution is 2.38. The lowest BCUT2D eigenvalue weighted by molar-refractivity contribution is -0.170. The molecule has 8 nitrogen and oxygen atoms in total. The summed E-state index contributed by atoms with van der Waals surface area (Å²) >= 11 is 0. The van der Waals surface area contributed by atoms with E-state index in [-0.39, 0.29) is 17.9 Å². The normalized spacial score (nSPS) is 21.8. The molecule has 0 radical (unpaired) electrons. The number of pyridine rings is 2. The fourth-order valence-corrected chi connectivity index (χ4v) is 5.63. The third-order valence-corrected chi connectivity index (χ3v) is 7.77. The minimum atomic E-state index is -4.86. The number of fused-ring (bicyclic) bond motifs is 1. The van der Waals surface area contributed by atoms with Crippen molar-refractivity contribution in [2.45, 2.75) is 50.4 Å². The van der Waals surface area contributed by atoms with Gasteiger partial charge in [-0.2, -0.15) is 13.2 Å². The van der Waals surface area contributed by atoms with Gasteiger partial charge >= 0.3 is 6.18 Å². The zero-order valence-corrected chi connectivity index (χ0v) is 22.6. The molecule has 3 aromatic rings. The summed E-state index contributed by atoms with van der Waals surface area (Å²) in [6.45, 7) is -0.558. The number of carbonyl (C=O) groups excluding carboxylic acids is 3. The Balaban J connectivity index is 1.35. The lowest BCUT2D eigenvalue weighted by atomic mass is 9.81. The van der Waals surface area contributed by atoms with Crippen LogP contribution in [-0.4, -0.2) is 57.4 Å². The van der Waals surface area contributed by atoms with Crippen LogP contribution in [0, 0.1) is 23.4 Å². The number of halogens is 6. The number of piperidine rings is 1. The fraction of sp³-hybridized carbons (Fsp3) is 0.345. The zero-order valence-electron chi connectivity index (χ0n) is 22.6. The molecular formula is C29H25F6N5O3. The number of amides is 3. The Morgan fingerprint density at radius 2 is 1.79 bits per heavy atom. The van der Waals surface area contributed by atoms with Crippen molar-refractivity contribution < 1.29 is 40.7 Å². The van der Waals surface area contributed by atoms with Crippen molar-refractivity contribution >= 4 is 23.5 Å². The number of nitrogens with one attached hydrogen (secondary N) is 2. The first-order valence-electron chi connectivity index (χ1n) is 13.3. The van der Waals surface area contributed by atoms with Crippen LogP contribution in [0.4, 0.5) is 32.2 Å². The maximum Gasteiger partial charge on any atom is 0.406 e. The number of hydrogen-bond acceptors (Lipinski definition) is 5. The van der Waals surface area contributed by atoms with Crippen LogP contribution in [-0.2, 0) is 22.4 Å². The lowest BCUT2D eigenvalue weighted by Gasteiger charge is -2.43. The van der Waals surface area contributed by atoms with Gasteiger partial charge in [0.2, 0.25) is 11.8 Å². The van der Waals surface area contributed by atoms with Gasteiger partial charge in [0.15, 0.2) is 11.6 Å². The van der Waals surface area contributed by atoms with Crippen LogP contribution >= 0.6 is 0 Å². The Kier molecular flexibility index (Phi) is 8.12. The third-order valence-electron chi connectivity index (χ3n) is 7.77. The summed E-state index contributed by atoms with van der Waals surface area (Å²) in [5.41, 5.74) is 0.338. The maximum absolute atomic E-state index is 14.7. The highest BCUT2D eigenvalue weighted by Gasteiger charge is 2.47. The molecule has 1 fully saturated rings. The van der Waals surface area contributed by atoms with Crippen molar-refractivity contribution in [1.29, 1.82) is 0 Å². The molecule has 4 unspecified atom stereocenters. The van der Waals surface area contributed by atoms with E-state index in [9.17, 15) is 40.7 Å². The number of alkyl halides is 3. The number of rotatable bonds is 6. The van der Waals surface area contributed by atoms with E-state index in [2.05, 4.69) is 20.6 Å². The monoisotopic (exact) mass is 605 g/mol. The second-order valence-electron chi connectivity index (χ2n) is 10.6. The predicted molar refractivity (Wildman–Crippen MR) is 140 cm³/mol. The quantitative estimate of drug-likeness (QED) is 0.322. The summed E-state index contributed by atoms with van der Waals surface area (Å²) in [6, 6.07) is 4.74. The fourth-order valence-electron chi connectivity index (χ4n) is 5.63. The Labute approximate surface area is 241 Å². The number of anilines is 1. The largest absolute Gasteiger partial charge is 0.406 e. The van der Waals surface area contributed by atoms with E-state index in [4.69, 9.17) is 0 Å². The van der Waals surface area contributed by atoms with Gasteiger partial charge in [0.1, 0.15) is 24.2 Å². The summed E-state index contributed by atoms with van der Waals surface area (Å²) in [5.74, 6) is -7.95. The van der Waals surface area contributed by atoms with Crippen LogP contribution in [0.3, 0.4) is 0 Å². The predicted octanol–water partition coefficient (Wildman–Crippen LogP) is 4.31.